The van der Waals surface area contributed by atoms with Crippen molar-refractivity contribution in [3.05, 3.63) is 69.8 Å². The number of unbranched alkanes of at least 4 members (excludes halogenated alkanes) is 1. The van der Waals surface area contributed by atoms with Crippen LogP contribution in [0.3, 0.4) is 0 Å². The van der Waals surface area contributed by atoms with Gasteiger partial charge in [0.25, 0.3) is 5.91 Å². The predicted octanol–water partition coefficient (Wildman–Crippen LogP) is 6.45. The molecule has 0 bridgehead atoms. The number of para-hydroxylation sites is 1. The monoisotopic (exact) mass is 552 g/mol. The molecule has 0 saturated heterocycles. The lowest BCUT2D eigenvalue weighted by Gasteiger charge is -2.12. The summed E-state index contributed by atoms with van der Waals surface area (Å²) in [4.78, 5) is 25.1. The number of nitrogens with one attached hydrogen (secondary N) is 2. The van der Waals surface area contributed by atoms with E-state index in [4.69, 9.17) is 9.15 Å². The number of allylic oxidation sites excluding steroid dienone is 1. The van der Waals surface area contributed by atoms with Gasteiger partial charge in [0.1, 0.15) is 11.3 Å². The summed E-state index contributed by atoms with van der Waals surface area (Å²) in [6.07, 6.45) is 3.61. The second-order valence-corrected chi connectivity index (χ2v) is 8.72. The number of furan rings is 1. The molecule has 0 aliphatic carbocycles. The van der Waals surface area contributed by atoms with Crippen LogP contribution in [0, 0.1) is 0 Å². The Kier molecular flexibility index (Phi) is 8.01. The fourth-order valence-corrected chi connectivity index (χ4v) is 4.86. The molecule has 0 unspecified atom stereocenters. The number of ether oxygens (including phenoxy) is 1. The van der Waals surface area contributed by atoms with Crippen LogP contribution in [-0.2, 0) is 0 Å². The maximum Gasteiger partial charge on any atom is 0.332 e. The molecule has 1 heterocycles. The molecule has 0 fully saturated rings. The molecule has 3 amide bonds. The lowest BCUT2D eigenvalue weighted by atomic mass is 10.2. The summed E-state index contributed by atoms with van der Waals surface area (Å²) in [5, 5.41) is 3.04. The third-order valence-corrected chi connectivity index (χ3v) is 5.85. The second-order valence-electron chi connectivity index (χ2n) is 6.13. The van der Waals surface area contributed by atoms with Gasteiger partial charge in [-0.15, -0.1) is 6.58 Å². The zero-order valence-corrected chi connectivity index (χ0v) is 19.7. The number of urea groups is 1. The number of carbonyl (C=O) groups is 2. The number of fused-ring (bicyclic) bond motifs is 1. The smallest absolute Gasteiger partial charge is 0.332 e. The number of amides is 3. The Morgan fingerprint density at radius 2 is 1.90 bits per heavy atom. The van der Waals surface area contributed by atoms with E-state index in [1.165, 1.54) is 0 Å². The summed E-state index contributed by atoms with van der Waals surface area (Å²) < 4.78 is 15.3. The van der Waals surface area contributed by atoms with Crippen LogP contribution in [-0.4, -0.2) is 18.5 Å². The molecule has 1 aromatic heterocycles. The number of hydrogen-bond acceptors (Lipinski definition) is 5. The van der Waals surface area contributed by atoms with Crippen LogP contribution in [0.1, 0.15) is 23.4 Å². The molecule has 30 heavy (non-hydrogen) atoms. The molecule has 0 atom stereocenters. The topological polar surface area (TPSA) is 80.6 Å². The summed E-state index contributed by atoms with van der Waals surface area (Å²) in [6, 6.07) is 11.8. The summed E-state index contributed by atoms with van der Waals surface area (Å²) >= 11 is 8.02. The number of carbonyl (C=O) groups excluding carboxylic acids is 2. The molecule has 3 rings (SSSR count). The van der Waals surface area contributed by atoms with Crippen molar-refractivity contribution in [3.8, 4) is 5.75 Å². The van der Waals surface area contributed by atoms with Crippen LogP contribution >= 0.6 is 43.8 Å². The predicted molar refractivity (Wildman–Crippen MR) is 125 cm³/mol. The van der Waals surface area contributed by atoms with E-state index >= 15 is 0 Å². The van der Waals surface area contributed by atoms with E-state index < -0.39 is 11.9 Å². The maximum atomic E-state index is 12.2. The van der Waals surface area contributed by atoms with Gasteiger partial charge in [0.05, 0.1) is 15.6 Å². The van der Waals surface area contributed by atoms with Crippen LogP contribution in [0.15, 0.2) is 73.4 Å². The van der Waals surface area contributed by atoms with Gasteiger partial charge in [0.2, 0.25) is 0 Å². The maximum absolute atomic E-state index is 12.2. The largest absolute Gasteiger partial charge is 0.491 e. The average Bonchev–Trinajstić information content (AvgIpc) is 3.16. The lowest BCUT2D eigenvalue weighted by Crippen LogP contribution is -2.36. The van der Waals surface area contributed by atoms with Gasteiger partial charge in [-0.25, -0.2) is 4.79 Å². The quantitative estimate of drug-likeness (QED) is 0.190. The highest BCUT2D eigenvalue weighted by atomic mass is 79.9. The minimum Gasteiger partial charge on any atom is -0.491 e. The molecule has 3 aromatic rings. The van der Waals surface area contributed by atoms with Crippen molar-refractivity contribution in [2.75, 3.05) is 6.61 Å². The Balaban J connectivity index is 1.54. The van der Waals surface area contributed by atoms with E-state index in [9.17, 15) is 9.59 Å². The lowest BCUT2D eigenvalue weighted by molar-refractivity contribution is 0.0940. The van der Waals surface area contributed by atoms with Crippen molar-refractivity contribution in [3.63, 3.8) is 0 Å². The molecule has 6 nitrogen and oxygen atoms in total. The van der Waals surface area contributed by atoms with Gasteiger partial charge in [-0.2, -0.15) is 0 Å². The highest BCUT2D eigenvalue weighted by Crippen LogP contribution is 2.37. The first-order valence-corrected chi connectivity index (χ1v) is 11.4. The van der Waals surface area contributed by atoms with Crippen molar-refractivity contribution < 1.29 is 18.7 Å². The standard InChI is InChI=1S/C21H18Br2N2O4S/c1-2-3-6-9-28-19-15(22)11-14(12-16(19)23)30-25-21(27)24-20(26)18-10-13-7-4-5-8-17(13)29-18/h2,4-5,7-8,10-12H,1,3,6,9H2,(H2,24,25,26,27). The number of benzene rings is 2. The first-order chi connectivity index (χ1) is 14.5. The minimum absolute atomic E-state index is 0.0693. The van der Waals surface area contributed by atoms with Gasteiger partial charge < -0.3 is 9.15 Å². The van der Waals surface area contributed by atoms with Gasteiger partial charge in [0.15, 0.2) is 5.76 Å². The van der Waals surface area contributed by atoms with Gasteiger partial charge in [-0.3, -0.25) is 14.8 Å². The van der Waals surface area contributed by atoms with Gasteiger partial charge in [0, 0.05) is 10.3 Å². The van der Waals surface area contributed by atoms with Gasteiger partial charge >= 0.3 is 6.03 Å². The highest BCUT2D eigenvalue weighted by Gasteiger charge is 2.16. The van der Waals surface area contributed by atoms with Crippen LogP contribution in [0.5, 0.6) is 5.75 Å². The molecule has 0 aliphatic rings. The van der Waals surface area contributed by atoms with E-state index in [-0.39, 0.29) is 5.76 Å². The summed E-state index contributed by atoms with van der Waals surface area (Å²) in [5.41, 5.74) is 0.582. The van der Waals surface area contributed by atoms with E-state index in [1.54, 1.807) is 12.1 Å². The molecule has 0 saturated carbocycles. The molecule has 156 valence electrons. The van der Waals surface area contributed by atoms with Crippen molar-refractivity contribution >= 4 is 66.7 Å². The molecule has 9 heteroatoms. The van der Waals surface area contributed by atoms with Gasteiger partial charge in [-0.05, 0) is 80.9 Å². The summed E-state index contributed by atoms with van der Waals surface area (Å²) in [6.45, 7) is 4.26. The van der Waals surface area contributed by atoms with Gasteiger partial charge in [-0.1, -0.05) is 24.3 Å². The molecular formula is C21H18Br2N2O4S. The van der Waals surface area contributed by atoms with E-state index in [0.717, 1.165) is 44.0 Å². The molecule has 0 aliphatic heterocycles. The fourth-order valence-electron chi connectivity index (χ4n) is 2.52. The summed E-state index contributed by atoms with van der Waals surface area (Å²) in [7, 11) is 0. The molecule has 2 N–H and O–H groups in total. The van der Waals surface area contributed by atoms with Crippen LogP contribution in [0.25, 0.3) is 11.0 Å². The Bertz CT molecular complexity index is 1030. The number of imide groups is 1. The molecular weight excluding hydrogens is 536 g/mol. The normalized spacial score (nSPS) is 10.6. The molecule has 0 radical (unpaired) electrons. The van der Waals surface area contributed by atoms with E-state index in [2.05, 4.69) is 48.5 Å². The van der Waals surface area contributed by atoms with Crippen molar-refractivity contribution in [2.45, 2.75) is 17.7 Å². The van der Waals surface area contributed by atoms with Crippen LogP contribution in [0.2, 0.25) is 0 Å². The average molecular weight is 554 g/mol. The Hall–Kier alpha value is -2.23. The first kappa shape index (κ1) is 22.5. The summed E-state index contributed by atoms with van der Waals surface area (Å²) in [5.74, 6) is 0.141. The van der Waals surface area contributed by atoms with Crippen molar-refractivity contribution in [1.82, 2.24) is 10.0 Å². The number of rotatable bonds is 8. The Morgan fingerprint density at radius 3 is 2.60 bits per heavy atom. The third-order valence-electron chi connectivity index (χ3n) is 3.91. The van der Waals surface area contributed by atoms with Crippen molar-refractivity contribution in [2.24, 2.45) is 0 Å². The number of hydrogen-bond donors (Lipinski definition) is 2. The SMILES string of the molecule is C=CCCCOc1c(Br)cc(SNC(=O)NC(=O)c2cc3ccccc3o2)cc1Br. The van der Waals surface area contributed by atoms with E-state index in [0.29, 0.717) is 17.9 Å². The van der Waals surface area contributed by atoms with Crippen molar-refractivity contribution in [1.29, 1.82) is 0 Å². The van der Waals surface area contributed by atoms with E-state index in [1.807, 2.05) is 36.4 Å². The zero-order chi connectivity index (χ0) is 21.5. The Labute approximate surface area is 194 Å². The Morgan fingerprint density at radius 1 is 1.17 bits per heavy atom. The highest BCUT2D eigenvalue weighted by molar-refractivity contribution is 9.11. The van der Waals surface area contributed by atoms with Crippen LogP contribution in [0.4, 0.5) is 4.79 Å². The number of halogens is 2. The van der Waals surface area contributed by atoms with Crippen LogP contribution < -0.4 is 14.8 Å². The molecule has 0 spiro atoms. The minimum atomic E-state index is -0.651. The molecule has 2 aromatic carbocycles. The first-order valence-electron chi connectivity index (χ1n) is 8.97. The zero-order valence-electron chi connectivity index (χ0n) is 15.7. The third kappa shape index (κ3) is 5.90. The second kappa shape index (κ2) is 10.7. The fraction of sp³-hybridized carbons (Fsp3) is 0.143.